The molecule has 0 aromatic heterocycles. The minimum atomic E-state index is -0.142. The van der Waals surface area contributed by atoms with Crippen LogP contribution < -0.4 is 16.0 Å². The molecular weight excluding hydrogens is 342 g/mol. The average molecular weight is 369 g/mol. The zero-order chi connectivity index (χ0) is 19.5. The summed E-state index contributed by atoms with van der Waals surface area (Å²) in [6, 6.07) is 16.8. The maximum absolute atomic E-state index is 12.2. The number of rotatable bonds is 10. The Hall–Kier alpha value is -2.86. The smallest absolute Gasteiger partial charge is 0.251 e. The Morgan fingerprint density at radius 2 is 1.85 bits per heavy atom. The predicted octanol–water partition coefficient (Wildman–Crippen LogP) is 2.74. The Labute approximate surface area is 160 Å². The highest BCUT2D eigenvalue weighted by Gasteiger charge is 2.10. The van der Waals surface area contributed by atoms with Crippen LogP contribution in [0, 0.1) is 0 Å². The normalized spacial score (nSPS) is 11.5. The van der Waals surface area contributed by atoms with E-state index in [2.05, 4.69) is 16.0 Å². The second-order valence-corrected chi connectivity index (χ2v) is 6.24. The molecule has 1 unspecified atom stereocenters. The van der Waals surface area contributed by atoms with Crippen molar-refractivity contribution in [2.24, 2.45) is 0 Å². The van der Waals surface area contributed by atoms with Crippen LogP contribution in [0.15, 0.2) is 54.6 Å². The van der Waals surface area contributed by atoms with Crippen molar-refractivity contribution in [2.75, 3.05) is 32.1 Å². The van der Waals surface area contributed by atoms with Gasteiger partial charge < -0.3 is 20.7 Å². The molecule has 0 fully saturated rings. The molecule has 0 aliphatic carbocycles. The van der Waals surface area contributed by atoms with Crippen molar-refractivity contribution >= 4 is 17.5 Å². The summed E-state index contributed by atoms with van der Waals surface area (Å²) in [5.74, 6) is -0.252. The summed E-state index contributed by atoms with van der Waals surface area (Å²) in [5, 5.41) is 8.86. The molecule has 0 saturated heterocycles. The average Bonchev–Trinajstić information content (AvgIpc) is 2.70. The third kappa shape index (κ3) is 7.11. The van der Waals surface area contributed by atoms with Crippen LogP contribution in [0.4, 0.5) is 5.69 Å². The lowest BCUT2D eigenvalue weighted by Gasteiger charge is -2.15. The van der Waals surface area contributed by atoms with E-state index in [1.54, 1.807) is 25.3 Å². The van der Waals surface area contributed by atoms with E-state index in [9.17, 15) is 9.59 Å². The predicted molar refractivity (Wildman–Crippen MR) is 107 cm³/mol. The number of methoxy groups -OCH3 is 1. The fraction of sp³-hybridized carbons (Fsp3) is 0.333. The zero-order valence-electron chi connectivity index (χ0n) is 15.8. The molecule has 27 heavy (non-hydrogen) atoms. The second kappa shape index (κ2) is 11.0. The maximum Gasteiger partial charge on any atom is 0.251 e. The molecular formula is C21H27N3O3. The largest absolute Gasteiger partial charge is 0.385 e. The van der Waals surface area contributed by atoms with Gasteiger partial charge in [-0.2, -0.15) is 0 Å². The van der Waals surface area contributed by atoms with Crippen molar-refractivity contribution in [1.82, 2.24) is 10.6 Å². The number of benzene rings is 2. The quantitative estimate of drug-likeness (QED) is 0.563. The molecule has 0 aliphatic heterocycles. The summed E-state index contributed by atoms with van der Waals surface area (Å²) in [6.07, 6.45) is 0.764. The minimum absolute atomic E-state index is 0.0651. The van der Waals surface area contributed by atoms with Crippen LogP contribution in [0.5, 0.6) is 0 Å². The summed E-state index contributed by atoms with van der Waals surface area (Å²) in [7, 11) is 1.63. The molecule has 1 atom stereocenters. The molecule has 0 spiro atoms. The van der Waals surface area contributed by atoms with Crippen LogP contribution in [0.1, 0.15) is 35.3 Å². The first-order valence-electron chi connectivity index (χ1n) is 9.05. The standard InChI is InChI=1S/C21H27N3O3/c1-16(17-8-4-3-5-9-17)24-20(25)15-23-19-11-6-10-18(14-19)21(26)22-12-7-13-27-2/h3-6,8-11,14,16,23H,7,12-13,15H2,1-2H3,(H,22,26)(H,24,25). The Balaban J connectivity index is 1.81. The number of hydrogen-bond donors (Lipinski definition) is 3. The van der Waals surface area contributed by atoms with Crippen LogP contribution in [0.25, 0.3) is 0 Å². The zero-order valence-corrected chi connectivity index (χ0v) is 15.8. The SMILES string of the molecule is COCCCNC(=O)c1cccc(NCC(=O)NC(C)c2ccccc2)c1. The van der Waals surface area contributed by atoms with Gasteiger partial charge in [-0.05, 0) is 37.1 Å². The van der Waals surface area contributed by atoms with Crippen molar-refractivity contribution in [2.45, 2.75) is 19.4 Å². The molecule has 2 amide bonds. The van der Waals surface area contributed by atoms with Gasteiger partial charge in [0.25, 0.3) is 5.91 Å². The highest BCUT2D eigenvalue weighted by Crippen LogP contribution is 2.12. The van der Waals surface area contributed by atoms with Gasteiger partial charge in [0.2, 0.25) is 5.91 Å². The number of ether oxygens (including phenoxy) is 1. The van der Waals surface area contributed by atoms with Gasteiger partial charge in [0, 0.05) is 31.5 Å². The Bertz CT molecular complexity index is 734. The number of anilines is 1. The molecule has 0 heterocycles. The van der Waals surface area contributed by atoms with Gasteiger partial charge in [0.1, 0.15) is 0 Å². The number of hydrogen-bond acceptors (Lipinski definition) is 4. The van der Waals surface area contributed by atoms with Gasteiger partial charge in [-0.15, -0.1) is 0 Å². The molecule has 0 aliphatic rings. The van der Waals surface area contributed by atoms with E-state index >= 15 is 0 Å². The third-order valence-electron chi connectivity index (χ3n) is 4.07. The number of nitrogens with one attached hydrogen (secondary N) is 3. The fourth-order valence-electron chi connectivity index (χ4n) is 2.59. The van der Waals surface area contributed by atoms with E-state index in [4.69, 9.17) is 4.74 Å². The van der Waals surface area contributed by atoms with Crippen LogP contribution in [0.2, 0.25) is 0 Å². The molecule has 0 radical (unpaired) electrons. The fourth-order valence-corrected chi connectivity index (χ4v) is 2.59. The van der Waals surface area contributed by atoms with Crippen LogP contribution in [-0.2, 0) is 9.53 Å². The third-order valence-corrected chi connectivity index (χ3v) is 4.07. The van der Waals surface area contributed by atoms with E-state index in [0.717, 1.165) is 17.7 Å². The highest BCUT2D eigenvalue weighted by atomic mass is 16.5. The van der Waals surface area contributed by atoms with E-state index in [1.165, 1.54) is 0 Å². The molecule has 144 valence electrons. The molecule has 6 nitrogen and oxygen atoms in total. The summed E-state index contributed by atoms with van der Waals surface area (Å²) < 4.78 is 4.96. The Morgan fingerprint density at radius 3 is 2.59 bits per heavy atom. The molecule has 2 rings (SSSR count). The van der Waals surface area contributed by atoms with Crippen LogP contribution >= 0.6 is 0 Å². The maximum atomic E-state index is 12.2. The molecule has 0 bridgehead atoms. The van der Waals surface area contributed by atoms with Crippen molar-refractivity contribution < 1.29 is 14.3 Å². The first-order chi connectivity index (χ1) is 13.1. The first kappa shape index (κ1) is 20.5. The summed E-state index contributed by atoms with van der Waals surface area (Å²) in [4.78, 5) is 24.3. The second-order valence-electron chi connectivity index (χ2n) is 6.24. The molecule has 6 heteroatoms. The lowest BCUT2D eigenvalue weighted by atomic mass is 10.1. The van der Waals surface area contributed by atoms with Crippen molar-refractivity contribution in [3.63, 3.8) is 0 Å². The van der Waals surface area contributed by atoms with E-state index in [1.807, 2.05) is 43.3 Å². The Kier molecular flexibility index (Phi) is 8.32. The van der Waals surface area contributed by atoms with Crippen LogP contribution in [-0.4, -0.2) is 38.6 Å². The van der Waals surface area contributed by atoms with Gasteiger partial charge in [-0.1, -0.05) is 36.4 Å². The number of carbonyl (C=O) groups excluding carboxylic acids is 2. The van der Waals surface area contributed by atoms with E-state index < -0.39 is 0 Å². The summed E-state index contributed by atoms with van der Waals surface area (Å²) in [6.45, 7) is 3.25. The first-order valence-corrected chi connectivity index (χ1v) is 9.05. The summed E-state index contributed by atoms with van der Waals surface area (Å²) >= 11 is 0. The lowest BCUT2D eigenvalue weighted by Crippen LogP contribution is -2.32. The minimum Gasteiger partial charge on any atom is -0.385 e. The molecule has 3 N–H and O–H groups in total. The van der Waals surface area contributed by atoms with Crippen molar-refractivity contribution in [3.8, 4) is 0 Å². The number of amides is 2. The van der Waals surface area contributed by atoms with Gasteiger partial charge >= 0.3 is 0 Å². The van der Waals surface area contributed by atoms with Gasteiger partial charge in [-0.3, -0.25) is 9.59 Å². The lowest BCUT2D eigenvalue weighted by molar-refractivity contribution is -0.120. The van der Waals surface area contributed by atoms with E-state index in [-0.39, 0.29) is 24.4 Å². The molecule has 2 aromatic rings. The van der Waals surface area contributed by atoms with E-state index in [0.29, 0.717) is 18.7 Å². The number of carbonyl (C=O) groups is 2. The summed E-state index contributed by atoms with van der Waals surface area (Å²) in [5.41, 5.74) is 2.33. The topological polar surface area (TPSA) is 79.5 Å². The van der Waals surface area contributed by atoms with Crippen LogP contribution in [0.3, 0.4) is 0 Å². The van der Waals surface area contributed by atoms with Gasteiger partial charge in [-0.25, -0.2) is 0 Å². The molecule has 2 aromatic carbocycles. The van der Waals surface area contributed by atoms with Gasteiger partial charge in [0.05, 0.1) is 12.6 Å². The molecule has 0 saturated carbocycles. The van der Waals surface area contributed by atoms with Crippen molar-refractivity contribution in [3.05, 3.63) is 65.7 Å². The van der Waals surface area contributed by atoms with Crippen molar-refractivity contribution in [1.29, 1.82) is 0 Å². The highest BCUT2D eigenvalue weighted by molar-refractivity contribution is 5.95. The Morgan fingerprint density at radius 1 is 1.07 bits per heavy atom. The monoisotopic (exact) mass is 369 g/mol. The van der Waals surface area contributed by atoms with Gasteiger partial charge in [0.15, 0.2) is 0 Å².